The molecule has 6 rings (SSSR count). The summed E-state index contributed by atoms with van der Waals surface area (Å²) < 4.78 is 13.3. The number of para-hydroxylation sites is 2. The van der Waals surface area contributed by atoms with Gasteiger partial charge in [0.1, 0.15) is 17.4 Å². The molecule has 1 fully saturated rings. The molecule has 9 nitrogen and oxygen atoms in total. The molecule has 4 N–H and O–H groups in total. The molecular formula is C26H22N6O3S. The Labute approximate surface area is 210 Å². The first-order chi connectivity index (χ1) is 17.6. The number of nitrogen functional groups attached to an aromatic ring is 1. The number of fused-ring (bicyclic) bond motifs is 1. The summed E-state index contributed by atoms with van der Waals surface area (Å²) in [6.45, 7) is 1.18. The number of nitrogens with zero attached hydrogens (tertiary/aromatic N) is 3. The fourth-order valence-corrected chi connectivity index (χ4v) is 4.54. The maximum atomic E-state index is 12.6. The highest BCUT2D eigenvalue weighted by Crippen LogP contribution is 2.31. The number of nitrogens with two attached hydrogens (primary N) is 1. The molecule has 0 bridgehead atoms. The molecule has 5 aromatic rings. The zero-order valence-electron chi connectivity index (χ0n) is 19.0. The van der Waals surface area contributed by atoms with Crippen LogP contribution < -0.4 is 21.1 Å². The standard InChI is InChI=1S/C26H22N6O3S/c27-19-4-1-2-5-20(19)30-25(33)16-8-10-17(11-9-16)29-26-31-21(15-36-26)22-12-28-23-6-3-7-24(32(22)23)35-18-13-34-14-18/h1-12,15,18H,13-14,27H2,(H,29,31)(H,30,33). The minimum absolute atomic E-state index is 0.0496. The van der Waals surface area contributed by atoms with Crippen molar-refractivity contribution in [3.8, 4) is 17.3 Å². The van der Waals surface area contributed by atoms with E-state index in [9.17, 15) is 4.79 Å². The molecule has 0 unspecified atom stereocenters. The Morgan fingerprint density at radius 2 is 1.92 bits per heavy atom. The number of nitrogens with one attached hydrogen (secondary N) is 2. The normalized spacial score (nSPS) is 13.3. The van der Waals surface area contributed by atoms with E-state index in [-0.39, 0.29) is 12.0 Å². The Morgan fingerprint density at radius 3 is 2.69 bits per heavy atom. The van der Waals surface area contributed by atoms with Crippen LogP contribution in [0.5, 0.6) is 5.88 Å². The van der Waals surface area contributed by atoms with Crippen LogP contribution in [0.4, 0.5) is 22.2 Å². The molecule has 1 aliphatic heterocycles. The summed E-state index contributed by atoms with van der Waals surface area (Å²) in [5, 5.41) is 8.83. The predicted molar refractivity (Wildman–Crippen MR) is 140 cm³/mol. The average Bonchev–Trinajstić information content (AvgIpc) is 3.50. The Balaban J connectivity index is 1.17. The Bertz CT molecular complexity index is 1540. The van der Waals surface area contributed by atoms with Gasteiger partial charge in [-0.05, 0) is 48.5 Å². The van der Waals surface area contributed by atoms with Crippen LogP contribution in [0, 0.1) is 0 Å². The third-order valence-corrected chi connectivity index (χ3v) is 6.52. The number of hydrogen-bond donors (Lipinski definition) is 3. The van der Waals surface area contributed by atoms with Gasteiger partial charge in [0.25, 0.3) is 5.91 Å². The number of pyridine rings is 1. The van der Waals surface area contributed by atoms with Gasteiger partial charge >= 0.3 is 0 Å². The summed E-state index contributed by atoms with van der Waals surface area (Å²) in [5.74, 6) is 0.483. The fourth-order valence-electron chi connectivity index (χ4n) is 3.81. The summed E-state index contributed by atoms with van der Waals surface area (Å²) in [6, 6.07) is 20.1. The number of carbonyl (C=O) groups is 1. The summed E-state index contributed by atoms with van der Waals surface area (Å²) in [4.78, 5) is 21.8. The van der Waals surface area contributed by atoms with Crippen molar-refractivity contribution >= 4 is 45.1 Å². The van der Waals surface area contributed by atoms with Crippen molar-refractivity contribution in [3.05, 3.63) is 83.9 Å². The molecule has 0 atom stereocenters. The van der Waals surface area contributed by atoms with Gasteiger partial charge in [0.15, 0.2) is 11.0 Å². The van der Waals surface area contributed by atoms with Crippen molar-refractivity contribution in [2.24, 2.45) is 0 Å². The lowest BCUT2D eigenvalue weighted by Crippen LogP contribution is -2.39. The van der Waals surface area contributed by atoms with Gasteiger partial charge in [0.05, 0.1) is 36.5 Å². The molecule has 1 aliphatic rings. The molecule has 0 saturated carbocycles. The second-order valence-corrected chi connectivity index (χ2v) is 9.12. The van der Waals surface area contributed by atoms with Crippen LogP contribution in [0.25, 0.3) is 17.0 Å². The summed E-state index contributed by atoms with van der Waals surface area (Å²) in [5.41, 5.74) is 10.8. The second kappa shape index (κ2) is 9.33. The highest BCUT2D eigenvalue weighted by Gasteiger charge is 2.22. The molecule has 0 spiro atoms. The third kappa shape index (κ3) is 4.35. The van der Waals surface area contributed by atoms with Gasteiger partial charge < -0.3 is 25.8 Å². The fraction of sp³-hybridized carbons (Fsp3) is 0.115. The van der Waals surface area contributed by atoms with E-state index >= 15 is 0 Å². The van der Waals surface area contributed by atoms with Crippen LogP contribution in [0.15, 0.2) is 78.3 Å². The topological polar surface area (TPSA) is 116 Å². The van der Waals surface area contributed by atoms with E-state index in [0.29, 0.717) is 36.0 Å². The molecular weight excluding hydrogens is 476 g/mol. The lowest BCUT2D eigenvalue weighted by molar-refractivity contribution is -0.0817. The summed E-state index contributed by atoms with van der Waals surface area (Å²) in [7, 11) is 0. The van der Waals surface area contributed by atoms with E-state index in [1.165, 1.54) is 11.3 Å². The maximum Gasteiger partial charge on any atom is 0.255 e. The van der Waals surface area contributed by atoms with Gasteiger partial charge in [0.2, 0.25) is 0 Å². The lowest BCUT2D eigenvalue weighted by Gasteiger charge is -2.27. The van der Waals surface area contributed by atoms with Crippen molar-refractivity contribution in [1.82, 2.24) is 14.4 Å². The van der Waals surface area contributed by atoms with Crippen LogP contribution in [0.2, 0.25) is 0 Å². The monoisotopic (exact) mass is 498 g/mol. The molecule has 1 amide bonds. The number of imidazole rings is 1. The van der Waals surface area contributed by atoms with Crippen LogP contribution >= 0.6 is 11.3 Å². The number of amides is 1. The van der Waals surface area contributed by atoms with Crippen molar-refractivity contribution in [1.29, 1.82) is 0 Å². The highest BCUT2D eigenvalue weighted by atomic mass is 32.1. The van der Waals surface area contributed by atoms with Crippen molar-refractivity contribution in [2.75, 3.05) is 29.6 Å². The van der Waals surface area contributed by atoms with E-state index < -0.39 is 0 Å². The molecule has 3 aromatic heterocycles. The minimum Gasteiger partial charge on any atom is -0.470 e. The van der Waals surface area contributed by atoms with Gasteiger partial charge in [-0.2, -0.15) is 0 Å². The quantitative estimate of drug-likeness (QED) is 0.276. The Morgan fingerprint density at radius 1 is 1.08 bits per heavy atom. The number of benzene rings is 2. The number of anilines is 4. The molecule has 4 heterocycles. The van der Waals surface area contributed by atoms with Crippen molar-refractivity contribution < 1.29 is 14.3 Å². The molecule has 36 heavy (non-hydrogen) atoms. The van der Waals surface area contributed by atoms with Crippen molar-refractivity contribution in [2.45, 2.75) is 6.10 Å². The summed E-state index contributed by atoms with van der Waals surface area (Å²) >= 11 is 1.48. The average molecular weight is 499 g/mol. The number of ether oxygens (including phenoxy) is 2. The number of hydrogen-bond acceptors (Lipinski definition) is 8. The third-order valence-electron chi connectivity index (χ3n) is 5.76. The zero-order chi connectivity index (χ0) is 24.5. The zero-order valence-corrected chi connectivity index (χ0v) is 19.9. The maximum absolute atomic E-state index is 12.6. The highest BCUT2D eigenvalue weighted by molar-refractivity contribution is 7.14. The number of aromatic nitrogens is 3. The number of carbonyl (C=O) groups excluding carboxylic acids is 1. The van der Waals surface area contributed by atoms with Crippen LogP contribution in [-0.2, 0) is 4.74 Å². The van der Waals surface area contributed by atoms with Crippen LogP contribution in [0.3, 0.4) is 0 Å². The minimum atomic E-state index is -0.227. The molecule has 10 heteroatoms. The van der Waals surface area contributed by atoms with E-state index in [2.05, 4.69) is 15.6 Å². The van der Waals surface area contributed by atoms with E-state index in [4.69, 9.17) is 20.2 Å². The van der Waals surface area contributed by atoms with E-state index in [1.54, 1.807) is 30.5 Å². The smallest absolute Gasteiger partial charge is 0.255 e. The van der Waals surface area contributed by atoms with Gasteiger partial charge in [-0.1, -0.05) is 18.2 Å². The van der Waals surface area contributed by atoms with E-state index in [0.717, 1.165) is 27.9 Å². The Kier molecular flexibility index (Phi) is 5.72. The SMILES string of the molecule is Nc1ccccc1NC(=O)c1ccc(Nc2nc(-c3cnc4cccc(OC5COC5)n34)cs2)cc1. The van der Waals surface area contributed by atoms with Gasteiger partial charge in [-0.15, -0.1) is 11.3 Å². The molecule has 0 aliphatic carbocycles. The number of thiazole rings is 1. The summed E-state index contributed by atoms with van der Waals surface area (Å²) in [6.07, 6.45) is 1.85. The van der Waals surface area contributed by atoms with Crippen molar-refractivity contribution in [3.63, 3.8) is 0 Å². The number of rotatable bonds is 7. The first-order valence-corrected chi connectivity index (χ1v) is 12.2. The van der Waals surface area contributed by atoms with Crippen LogP contribution in [0.1, 0.15) is 10.4 Å². The first-order valence-electron chi connectivity index (χ1n) is 11.3. The first kappa shape index (κ1) is 22.1. The Hall–Kier alpha value is -4.41. The largest absolute Gasteiger partial charge is 0.470 e. The molecule has 1 saturated heterocycles. The van der Waals surface area contributed by atoms with Gasteiger partial charge in [-0.25, -0.2) is 9.97 Å². The second-order valence-electron chi connectivity index (χ2n) is 8.26. The predicted octanol–water partition coefficient (Wildman–Crippen LogP) is 4.81. The molecule has 180 valence electrons. The van der Waals surface area contributed by atoms with Crippen LogP contribution in [-0.4, -0.2) is 39.6 Å². The lowest BCUT2D eigenvalue weighted by atomic mass is 10.2. The van der Waals surface area contributed by atoms with E-state index in [1.807, 2.05) is 52.2 Å². The van der Waals surface area contributed by atoms with Gasteiger partial charge in [-0.3, -0.25) is 9.20 Å². The molecule has 0 radical (unpaired) electrons. The van der Waals surface area contributed by atoms with Gasteiger partial charge in [0, 0.05) is 16.6 Å². The molecule has 2 aromatic carbocycles.